The van der Waals surface area contributed by atoms with E-state index in [1.807, 2.05) is 32.0 Å². The van der Waals surface area contributed by atoms with Gasteiger partial charge in [-0.15, -0.1) is 5.10 Å². The lowest BCUT2D eigenvalue weighted by Crippen LogP contribution is -2.07. The first-order valence-electron chi connectivity index (χ1n) is 6.21. The predicted octanol–water partition coefficient (Wildman–Crippen LogP) is 2.37. The van der Waals surface area contributed by atoms with Crippen LogP contribution >= 0.6 is 0 Å². The molecule has 1 aromatic carbocycles. The third-order valence-corrected chi connectivity index (χ3v) is 2.97. The lowest BCUT2D eigenvalue weighted by atomic mass is 10.1. The maximum atomic E-state index is 11.7. The number of hydrogen-bond donors (Lipinski definition) is 0. The number of benzene rings is 1. The van der Waals surface area contributed by atoms with Gasteiger partial charge in [-0.2, -0.15) is 9.90 Å². The first-order chi connectivity index (χ1) is 9.02. The van der Waals surface area contributed by atoms with Crippen molar-refractivity contribution in [2.75, 3.05) is 6.61 Å². The molecule has 1 heterocycles. The molecule has 5 nitrogen and oxygen atoms in total. The van der Waals surface area contributed by atoms with Crippen molar-refractivity contribution >= 4 is 5.97 Å². The zero-order chi connectivity index (χ0) is 14.0. The van der Waals surface area contributed by atoms with Crippen molar-refractivity contribution in [2.24, 2.45) is 0 Å². The summed E-state index contributed by atoms with van der Waals surface area (Å²) in [5.74, 6) is -0.435. The Bertz CT molecular complexity index is 617. The molecule has 0 fully saturated rings. The minimum atomic E-state index is -0.435. The summed E-state index contributed by atoms with van der Waals surface area (Å²) in [4.78, 5) is 13.2. The standard InChI is InChI=1S/C14H17N3O2/c1-5-19-14(18)13-11(4)15-17(16-13)12-7-6-9(2)10(3)8-12/h6-8H,5H2,1-4H3. The summed E-state index contributed by atoms with van der Waals surface area (Å²) in [5, 5.41) is 8.46. The molecule has 0 unspecified atom stereocenters. The van der Waals surface area contributed by atoms with Crippen LogP contribution in [-0.4, -0.2) is 27.6 Å². The van der Waals surface area contributed by atoms with Crippen molar-refractivity contribution < 1.29 is 9.53 Å². The number of esters is 1. The average molecular weight is 259 g/mol. The van der Waals surface area contributed by atoms with Crippen molar-refractivity contribution in [3.8, 4) is 5.69 Å². The van der Waals surface area contributed by atoms with Crippen LogP contribution in [0.2, 0.25) is 0 Å². The number of carbonyl (C=O) groups excluding carboxylic acids is 1. The maximum absolute atomic E-state index is 11.7. The highest BCUT2D eigenvalue weighted by molar-refractivity contribution is 5.88. The topological polar surface area (TPSA) is 57.0 Å². The minimum Gasteiger partial charge on any atom is -0.461 e. The molecule has 0 spiro atoms. The van der Waals surface area contributed by atoms with Crippen LogP contribution in [0.4, 0.5) is 0 Å². The largest absolute Gasteiger partial charge is 0.461 e. The van der Waals surface area contributed by atoms with Gasteiger partial charge in [-0.25, -0.2) is 4.79 Å². The molecule has 0 aliphatic rings. The van der Waals surface area contributed by atoms with Gasteiger partial charge in [-0.3, -0.25) is 0 Å². The minimum absolute atomic E-state index is 0.264. The van der Waals surface area contributed by atoms with E-state index >= 15 is 0 Å². The molecule has 5 heteroatoms. The van der Waals surface area contributed by atoms with Gasteiger partial charge in [0.2, 0.25) is 0 Å². The molecule has 0 atom stereocenters. The molecular weight excluding hydrogens is 242 g/mol. The van der Waals surface area contributed by atoms with E-state index in [1.165, 1.54) is 10.4 Å². The van der Waals surface area contributed by atoms with E-state index in [-0.39, 0.29) is 5.69 Å². The van der Waals surface area contributed by atoms with Gasteiger partial charge >= 0.3 is 5.97 Å². The van der Waals surface area contributed by atoms with Crippen LogP contribution < -0.4 is 0 Å². The smallest absolute Gasteiger partial charge is 0.360 e. The summed E-state index contributed by atoms with van der Waals surface area (Å²) in [7, 11) is 0. The molecule has 1 aromatic heterocycles. The van der Waals surface area contributed by atoms with Crippen LogP contribution in [0.15, 0.2) is 18.2 Å². The highest BCUT2D eigenvalue weighted by Crippen LogP contribution is 2.14. The average Bonchev–Trinajstić information content (AvgIpc) is 2.75. The molecule has 19 heavy (non-hydrogen) atoms. The van der Waals surface area contributed by atoms with E-state index in [2.05, 4.69) is 10.2 Å². The second-order valence-corrected chi connectivity index (χ2v) is 4.41. The second-order valence-electron chi connectivity index (χ2n) is 4.41. The lowest BCUT2D eigenvalue weighted by Gasteiger charge is -2.03. The van der Waals surface area contributed by atoms with Crippen LogP contribution in [0.3, 0.4) is 0 Å². The first-order valence-corrected chi connectivity index (χ1v) is 6.21. The zero-order valence-electron chi connectivity index (χ0n) is 11.6. The molecule has 0 aliphatic carbocycles. The van der Waals surface area contributed by atoms with Gasteiger partial charge in [0.05, 0.1) is 18.0 Å². The van der Waals surface area contributed by atoms with Gasteiger partial charge < -0.3 is 4.74 Å². The fourth-order valence-corrected chi connectivity index (χ4v) is 1.73. The number of aromatic nitrogens is 3. The summed E-state index contributed by atoms with van der Waals surface area (Å²) in [5.41, 5.74) is 4.03. The Kier molecular flexibility index (Phi) is 3.64. The third kappa shape index (κ3) is 2.65. The molecule has 0 radical (unpaired) electrons. The Morgan fingerprint density at radius 2 is 1.95 bits per heavy atom. The Morgan fingerprint density at radius 3 is 2.58 bits per heavy atom. The Balaban J connectivity index is 2.38. The fraction of sp³-hybridized carbons (Fsp3) is 0.357. The molecule has 2 rings (SSSR count). The summed E-state index contributed by atoms with van der Waals surface area (Å²) >= 11 is 0. The van der Waals surface area contributed by atoms with Crippen molar-refractivity contribution in [3.05, 3.63) is 40.7 Å². The molecule has 0 amide bonds. The third-order valence-electron chi connectivity index (χ3n) is 2.97. The van der Waals surface area contributed by atoms with Crippen LogP contribution in [0.25, 0.3) is 5.69 Å². The number of aryl methyl sites for hydroxylation is 3. The SMILES string of the molecule is CCOC(=O)c1nn(-c2ccc(C)c(C)c2)nc1C. The van der Waals surface area contributed by atoms with Crippen molar-refractivity contribution in [2.45, 2.75) is 27.7 Å². The van der Waals surface area contributed by atoms with E-state index in [9.17, 15) is 4.79 Å². The Morgan fingerprint density at radius 1 is 1.21 bits per heavy atom. The molecule has 0 saturated carbocycles. The quantitative estimate of drug-likeness (QED) is 0.794. The van der Waals surface area contributed by atoms with E-state index in [0.717, 1.165) is 11.3 Å². The fourth-order valence-electron chi connectivity index (χ4n) is 1.73. The summed E-state index contributed by atoms with van der Waals surface area (Å²) in [6.45, 7) is 7.92. The van der Waals surface area contributed by atoms with Gasteiger partial charge in [0, 0.05) is 0 Å². The highest BCUT2D eigenvalue weighted by Gasteiger charge is 2.17. The summed E-state index contributed by atoms with van der Waals surface area (Å²) < 4.78 is 4.95. The van der Waals surface area contributed by atoms with E-state index in [0.29, 0.717) is 12.3 Å². The number of hydrogen-bond acceptors (Lipinski definition) is 4. The highest BCUT2D eigenvalue weighted by atomic mass is 16.5. The molecule has 100 valence electrons. The number of ether oxygens (including phenoxy) is 1. The molecule has 0 bridgehead atoms. The predicted molar refractivity (Wildman–Crippen MR) is 71.5 cm³/mol. The second kappa shape index (κ2) is 5.22. The Labute approximate surface area is 112 Å². The molecule has 0 aliphatic heterocycles. The van der Waals surface area contributed by atoms with Gasteiger partial charge in [0.25, 0.3) is 0 Å². The van der Waals surface area contributed by atoms with E-state index < -0.39 is 5.97 Å². The molecular formula is C14H17N3O2. The van der Waals surface area contributed by atoms with Gasteiger partial charge in [-0.05, 0) is 51.0 Å². The van der Waals surface area contributed by atoms with Crippen LogP contribution in [-0.2, 0) is 4.74 Å². The van der Waals surface area contributed by atoms with E-state index in [1.54, 1.807) is 13.8 Å². The van der Waals surface area contributed by atoms with Crippen LogP contribution in [0.1, 0.15) is 34.2 Å². The lowest BCUT2D eigenvalue weighted by molar-refractivity contribution is 0.0518. The van der Waals surface area contributed by atoms with Crippen molar-refractivity contribution in [1.29, 1.82) is 0 Å². The van der Waals surface area contributed by atoms with Crippen molar-refractivity contribution in [3.63, 3.8) is 0 Å². The summed E-state index contributed by atoms with van der Waals surface area (Å²) in [6.07, 6.45) is 0. The maximum Gasteiger partial charge on any atom is 0.360 e. The zero-order valence-corrected chi connectivity index (χ0v) is 11.6. The van der Waals surface area contributed by atoms with Crippen LogP contribution in [0, 0.1) is 20.8 Å². The summed E-state index contributed by atoms with van der Waals surface area (Å²) in [6, 6.07) is 5.92. The normalized spacial score (nSPS) is 10.5. The monoisotopic (exact) mass is 259 g/mol. The van der Waals surface area contributed by atoms with Crippen LogP contribution in [0.5, 0.6) is 0 Å². The molecule has 0 saturated heterocycles. The number of carbonyl (C=O) groups is 1. The molecule has 2 aromatic rings. The van der Waals surface area contributed by atoms with E-state index in [4.69, 9.17) is 4.74 Å². The Hall–Kier alpha value is -2.17. The van der Waals surface area contributed by atoms with Gasteiger partial charge in [0.15, 0.2) is 5.69 Å². The molecule has 0 N–H and O–H groups in total. The van der Waals surface area contributed by atoms with Crippen molar-refractivity contribution in [1.82, 2.24) is 15.0 Å². The number of nitrogens with zero attached hydrogens (tertiary/aromatic N) is 3. The van der Waals surface area contributed by atoms with Gasteiger partial charge in [0.1, 0.15) is 0 Å². The van der Waals surface area contributed by atoms with Gasteiger partial charge in [-0.1, -0.05) is 6.07 Å². The number of rotatable bonds is 3. The first kappa shape index (κ1) is 13.3.